The first-order chi connectivity index (χ1) is 12.1. The van der Waals surface area contributed by atoms with Gasteiger partial charge in [0.25, 0.3) is 0 Å². The van der Waals surface area contributed by atoms with E-state index in [2.05, 4.69) is 67.5 Å². The molecule has 0 aliphatic carbocycles. The van der Waals surface area contributed by atoms with Crippen molar-refractivity contribution in [1.82, 2.24) is 10.2 Å². The Labute approximate surface area is 151 Å². The summed E-state index contributed by atoms with van der Waals surface area (Å²) >= 11 is 0. The van der Waals surface area contributed by atoms with Gasteiger partial charge >= 0.3 is 0 Å². The second kappa shape index (κ2) is 9.44. The maximum atomic E-state index is 5.48. The van der Waals surface area contributed by atoms with Crippen molar-refractivity contribution in [2.24, 2.45) is 0 Å². The van der Waals surface area contributed by atoms with E-state index in [0.29, 0.717) is 6.04 Å². The second-order valence-electron chi connectivity index (χ2n) is 6.48. The van der Waals surface area contributed by atoms with Crippen LogP contribution in [0.25, 0.3) is 11.1 Å². The molecule has 0 saturated carbocycles. The fourth-order valence-electron chi connectivity index (χ4n) is 2.69. The molecule has 4 nitrogen and oxygen atoms in total. The fraction of sp³-hybridized carbons (Fsp3) is 0.429. The number of nitrogens with zero attached hydrogens (tertiary/aromatic N) is 1. The fourth-order valence-corrected chi connectivity index (χ4v) is 2.69. The summed E-state index contributed by atoms with van der Waals surface area (Å²) in [4.78, 5) is 2.33. The molecule has 2 aromatic carbocycles. The van der Waals surface area contributed by atoms with Crippen LogP contribution >= 0.6 is 0 Å². The third-order valence-corrected chi connectivity index (χ3v) is 4.53. The third-order valence-electron chi connectivity index (χ3n) is 4.53. The van der Waals surface area contributed by atoms with Gasteiger partial charge in [-0.3, -0.25) is 0 Å². The van der Waals surface area contributed by atoms with E-state index in [9.17, 15) is 0 Å². The van der Waals surface area contributed by atoms with Crippen molar-refractivity contribution in [2.75, 3.05) is 34.4 Å². The molecule has 0 unspecified atom stereocenters. The molecule has 0 aromatic heterocycles. The lowest BCUT2D eigenvalue weighted by Crippen LogP contribution is -2.33. The van der Waals surface area contributed by atoms with Gasteiger partial charge in [-0.2, -0.15) is 0 Å². The number of hydrogen-bond acceptors (Lipinski definition) is 4. The Morgan fingerprint density at radius 3 is 2.24 bits per heavy atom. The molecule has 0 radical (unpaired) electrons. The number of likely N-dealkylation sites (N-methyl/N-ethyl adjacent to an activating group) is 1. The Kier molecular flexibility index (Phi) is 7.29. The van der Waals surface area contributed by atoms with E-state index < -0.39 is 0 Å². The minimum atomic E-state index is 0.558. The number of benzene rings is 2. The second-order valence-corrected chi connectivity index (χ2v) is 6.48. The molecule has 0 heterocycles. The summed E-state index contributed by atoms with van der Waals surface area (Å²) in [6, 6.07) is 15.1. The zero-order valence-electron chi connectivity index (χ0n) is 16.0. The summed E-state index contributed by atoms with van der Waals surface area (Å²) in [5.74, 6) is 1.52. The zero-order valence-corrected chi connectivity index (χ0v) is 16.0. The van der Waals surface area contributed by atoms with E-state index in [0.717, 1.165) is 31.1 Å². The van der Waals surface area contributed by atoms with Crippen molar-refractivity contribution in [3.8, 4) is 22.6 Å². The van der Waals surface area contributed by atoms with Crippen molar-refractivity contribution in [3.05, 3.63) is 48.0 Å². The van der Waals surface area contributed by atoms with Crippen molar-refractivity contribution in [1.29, 1.82) is 0 Å². The van der Waals surface area contributed by atoms with E-state index in [1.807, 2.05) is 6.07 Å². The van der Waals surface area contributed by atoms with Crippen molar-refractivity contribution < 1.29 is 9.47 Å². The Morgan fingerprint density at radius 2 is 1.64 bits per heavy atom. The molecule has 1 N–H and O–H groups in total. The molecule has 0 aliphatic heterocycles. The summed E-state index contributed by atoms with van der Waals surface area (Å²) < 4.78 is 11.0. The van der Waals surface area contributed by atoms with E-state index in [4.69, 9.17) is 9.47 Å². The van der Waals surface area contributed by atoms with Crippen LogP contribution in [0.3, 0.4) is 0 Å². The predicted octanol–water partition coefficient (Wildman–Crippen LogP) is 3.80. The highest BCUT2D eigenvalue weighted by atomic mass is 16.5. The van der Waals surface area contributed by atoms with Crippen LogP contribution in [0.5, 0.6) is 11.5 Å². The van der Waals surface area contributed by atoms with E-state index in [1.54, 1.807) is 14.2 Å². The van der Waals surface area contributed by atoms with Crippen LogP contribution in [0, 0.1) is 0 Å². The monoisotopic (exact) mass is 342 g/mol. The highest BCUT2D eigenvalue weighted by Crippen LogP contribution is 2.35. The average Bonchev–Trinajstić information content (AvgIpc) is 2.64. The van der Waals surface area contributed by atoms with Crippen LogP contribution < -0.4 is 14.8 Å². The Balaban J connectivity index is 2.20. The minimum Gasteiger partial charge on any atom is -0.493 e. The normalized spacial score (nSPS) is 11.2. The molecule has 4 heteroatoms. The van der Waals surface area contributed by atoms with Gasteiger partial charge in [0.2, 0.25) is 0 Å². The number of hydrogen-bond donors (Lipinski definition) is 1. The maximum absolute atomic E-state index is 5.48. The van der Waals surface area contributed by atoms with Gasteiger partial charge in [-0.15, -0.1) is 0 Å². The van der Waals surface area contributed by atoms with Gasteiger partial charge in [0, 0.05) is 25.7 Å². The van der Waals surface area contributed by atoms with Gasteiger partial charge in [0.15, 0.2) is 11.5 Å². The van der Waals surface area contributed by atoms with Gasteiger partial charge in [-0.25, -0.2) is 0 Å². The molecule has 136 valence electrons. The number of ether oxygens (including phenoxy) is 2. The molecule has 0 spiro atoms. The Hall–Kier alpha value is -2.04. The van der Waals surface area contributed by atoms with Crippen LogP contribution in [-0.4, -0.2) is 45.3 Å². The van der Waals surface area contributed by atoms with E-state index in [1.165, 1.54) is 16.7 Å². The van der Waals surface area contributed by atoms with Gasteiger partial charge in [0.1, 0.15) is 0 Å². The average molecular weight is 342 g/mol. The maximum Gasteiger partial charge on any atom is 0.161 e. The summed E-state index contributed by atoms with van der Waals surface area (Å²) in [7, 11) is 5.50. The van der Waals surface area contributed by atoms with Crippen molar-refractivity contribution >= 4 is 0 Å². The lowest BCUT2D eigenvalue weighted by Gasteiger charge is -2.21. The van der Waals surface area contributed by atoms with Gasteiger partial charge in [0.05, 0.1) is 14.2 Å². The predicted molar refractivity (Wildman–Crippen MR) is 104 cm³/mol. The largest absolute Gasteiger partial charge is 0.493 e. The molecule has 0 amide bonds. The summed E-state index contributed by atoms with van der Waals surface area (Å²) in [5, 5.41) is 3.55. The summed E-state index contributed by atoms with van der Waals surface area (Å²) in [6.07, 6.45) is 0. The first kappa shape index (κ1) is 19.3. The molecular formula is C21H30N2O2. The molecule has 2 aromatic rings. The number of nitrogens with one attached hydrogen (secondary N) is 1. The first-order valence-corrected chi connectivity index (χ1v) is 8.78. The van der Waals surface area contributed by atoms with Gasteiger partial charge in [-0.1, -0.05) is 30.3 Å². The van der Waals surface area contributed by atoms with Gasteiger partial charge < -0.3 is 19.7 Å². The van der Waals surface area contributed by atoms with Crippen LogP contribution in [0.1, 0.15) is 19.4 Å². The standard InChI is InChI=1S/C21H30N2O2/c1-16(2)23(3)12-11-22-15-18-13-20(24-4)21(25-5)14-19(18)17-9-7-6-8-10-17/h6-10,13-14,16,22H,11-12,15H2,1-5H3. The topological polar surface area (TPSA) is 33.7 Å². The Morgan fingerprint density at radius 1 is 1.00 bits per heavy atom. The molecular weight excluding hydrogens is 312 g/mol. The van der Waals surface area contributed by atoms with Crippen LogP contribution in [0.4, 0.5) is 0 Å². The smallest absolute Gasteiger partial charge is 0.161 e. The van der Waals surface area contributed by atoms with Crippen molar-refractivity contribution in [2.45, 2.75) is 26.4 Å². The molecule has 0 atom stereocenters. The SMILES string of the molecule is COc1cc(CNCCN(C)C(C)C)c(-c2ccccc2)cc1OC. The highest BCUT2D eigenvalue weighted by molar-refractivity contribution is 5.71. The molecule has 0 aliphatic rings. The quantitative estimate of drug-likeness (QED) is 0.703. The van der Waals surface area contributed by atoms with Gasteiger partial charge in [-0.05, 0) is 49.7 Å². The molecule has 0 saturated heterocycles. The number of methoxy groups -OCH3 is 2. The first-order valence-electron chi connectivity index (χ1n) is 8.78. The van der Waals surface area contributed by atoms with E-state index in [-0.39, 0.29) is 0 Å². The minimum absolute atomic E-state index is 0.558. The zero-order chi connectivity index (χ0) is 18.2. The van der Waals surface area contributed by atoms with E-state index >= 15 is 0 Å². The van der Waals surface area contributed by atoms with Crippen LogP contribution in [0.2, 0.25) is 0 Å². The van der Waals surface area contributed by atoms with Crippen LogP contribution in [0.15, 0.2) is 42.5 Å². The summed E-state index contributed by atoms with van der Waals surface area (Å²) in [5.41, 5.74) is 3.55. The lowest BCUT2D eigenvalue weighted by molar-refractivity contribution is 0.273. The summed E-state index contributed by atoms with van der Waals surface area (Å²) in [6.45, 7) is 7.17. The molecule has 2 rings (SSSR count). The lowest BCUT2D eigenvalue weighted by atomic mass is 9.98. The van der Waals surface area contributed by atoms with Crippen LogP contribution in [-0.2, 0) is 6.54 Å². The molecule has 0 fully saturated rings. The van der Waals surface area contributed by atoms with Crippen molar-refractivity contribution in [3.63, 3.8) is 0 Å². The Bertz CT molecular complexity index is 656. The number of rotatable bonds is 9. The molecule has 25 heavy (non-hydrogen) atoms. The third kappa shape index (κ3) is 5.21. The molecule has 0 bridgehead atoms. The highest BCUT2D eigenvalue weighted by Gasteiger charge is 2.12.